The summed E-state index contributed by atoms with van der Waals surface area (Å²) in [7, 11) is 0. The predicted molar refractivity (Wildman–Crippen MR) is 131 cm³/mol. The molecule has 4 aliphatic rings. The number of thioether (sulfide) groups is 1. The molecule has 1 aliphatic carbocycles. The number of benzene rings is 2. The average Bonchev–Trinajstić information content (AvgIpc) is 3.48. The Kier molecular flexibility index (Phi) is 4.84. The third kappa shape index (κ3) is 3.08. The molecule has 0 bridgehead atoms. The van der Waals surface area contributed by atoms with Gasteiger partial charge in [0.15, 0.2) is 23.1 Å². The van der Waals surface area contributed by atoms with Crippen LogP contribution < -0.4 is 10.4 Å². The Morgan fingerprint density at radius 3 is 2.55 bits per heavy atom. The number of nitrogens with zero attached hydrogens (tertiary/aromatic N) is 3. The van der Waals surface area contributed by atoms with Crippen molar-refractivity contribution in [3.63, 3.8) is 0 Å². The quantitative estimate of drug-likeness (QED) is 0.449. The number of rotatable bonds is 1. The molecule has 7 rings (SSSR count). The molecule has 3 aliphatic heterocycles. The molecule has 1 unspecified atom stereocenters. The molecule has 4 heterocycles. The van der Waals surface area contributed by atoms with Crippen LogP contribution in [0.2, 0.25) is 0 Å². The number of aromatic nitrogens is 1. The van der Waals surface area contributed by atoms with Gasteiger partial charge in [0.05, 0.1) is 11.5 Å². The van der Waals surface area contributed by atoms with Gasteiger partial charge in [0.2, 0.25) is 5.43 Å². The van der Waals surface area contributed by atoms with Crippen molar-refractivity contribution < 1.29 is 27.5 Å². The molecule has 3 atom stereocenters. The first-order chi connectivity index (χ1) is 18.1. The van der Waals surface area contributed by atoms with Crippen LogP contribution in [-0.2, 0) is 5.75 Å². The van der Waals surface area contributed by atoms with Crippen LogP contribution >= 0.6 is 11.8 Å². The Labute approximate surface area is 218 Å². The topological polar surface area (TPSA) is 65.8 Å². The minimum atomic E-state index is -2.91. The largest absolute Gasteiger partial charge is 0.502 e. The summed E-state index contributed by atoms with van der Waals surface area (Å²) in [6.07, 6.45) is 0.656. The van der Waals surface area contributed by atoms with Crippen LogP contribution in [0.5, 0.6) is 5.75 Å². The van der Waals surface area contributed by atoms with Crippen LogP contribution in [-0.4, -0.2) is 39.2 Å². The summed E-state index contributed by atoms with van der Waals surface area (Å²) in [5, 5.41) is 12.5. The lowest BCUT2D eigenvalue weighted by atomic mass is 9.88. The summed E-state index contributed by atoms with van der Waals surface area (Å²) >= 11 is 1.35. The molecule has 1 saturated carbocycles. The normalized spacial score (nSPS) is 26.8. The molecule has 1 saturated heterocycles. The Balaban J connectivity index is 1.49. The Morgan fingerprint density at radius 2 is 1.79 bits per heavy atom. The molecule has 196 valence electrons. The fraction of sp³-hybridized carbons (Fsp3) is 0.333. The first kappa shape index (κ1) is 23.6. The second-order valence-electron chi connectivity index (χ2n) is 10.4. The second-order valence-corrected chi connectivity index (χ2v) is 11.4. The highest BCUT2D eigenvalue weighted by molar-refractivity contribution is 7.98. The first-order valence-electron chi connectivity index (χ1n) is 12.2. The number of alkyl halides is 2. The van der Waals surface area contributed by atoms with Gasteiger partial charge in [0, 0.05) is 41.4 Å². The number of halogens is 4. The van der Waals surface area contributed by atoms with Crippen molar-refractivity contribution in [2.75, 3.05) is 11.6 Å². The third-order valence-corrected chi connectivity index (χ3v) is 9.49. The summed E-state index contributed by atoms with van der Waals surface area (Å²) < 4.78 is 59.8. The van der Waals surface area contributed by atoms with E-state index >= 15 is 4.39 Å². The number of aromatic hydroxyl groups is 1. The van der Waals surface area contributed by atoms with Crippen molar-refractivity contribution in [3.05, 3.63) is 92.9 Å². The van der Waals surface area contributed by atoms with Crippen molar-refractivity contribution >= 4 is 17.7 Å². The summed E-state index contributed by atoms with van der Waals surface area (Å²) in [5.41, 5.74) is -1.10. The Hall–Kier alpha value is -3.47. The number of carbonyl (C=O) groups excluding carboxylic acids is 1. The second kappa shape index (κ2) is 7.78. The molecular formula is C27H21F4N3O3S. The van der Waals surface area contributed by atoms with Gasteiger partial charge < -0.3 is 10.0 Å². The van der Waals surface area contributed by atoms with E-state index in [2.05, 4.69) is 0 Å². The van der Waals surface area contributed by atoms with Gasteiger partial charge in [-0.2, -0.15) is 0 Å². The molecular weight excluding hydrogens is 522 g/mol. The van der Waals surface area contributed by atoms with E-state index in [0.29, 0.717) is 5.56 Å². The molecule has 1 aromatic heterocycles. The molecule has 6 nitrogen and oxygen atoms in total. The lowest BCUT2D eigenvalue weighted by molar-refractivity contribution is -0.00423. The lowest BCUT2D eigenvalue weighted by Gasteiger charge is -2.53. The van der Waals surface area contributed by atoms with Gasteiger partial charge in [-0.15, -0.1) is 11.8 Å². The number of fused-ring (bicyclic) bond motifs is 4. The van der Waals surface area contributed by atoms with Crippen LogP contribution in [0.3, 0.4) is 0 Å². The van der Waals surface area contributed by atoms with Crippen molar-refractivity contribution in [2.45, 2.75) is 48.0 Å². The van der Waals surface area contributed by atoms with E-state index in [1.807, 2.05) is 24.3 Å². The van der Waals surface area contributed by atoms with E-state index < -0.39 is 52.3 Å². The first-order valence-corrected chi connectivity index (χ1v) is 13.2. The number of hydrogen-bond acceptors (Lipinski definition) is 5. The number of piperidine rings is 1. The van der Waals surface area contributed by atoms with Crippen LogP contribution in [0.4, 0.5) is 17.6 Å². The molecule has 1 spiro atoms. The van der Waals surface area contributed by atoms with Gasteiger partial charge >= 0.3 is 0 Å². The van der Waals surface area contributed by atoms with Crippen molar-refractivity contribution in [1.29, 1.82) is 0 Å². The molecule has 2 aromatic carbocycles. The van der Waals surface area contributed by atoms with E-state index in [1.165, 1.54) is 33.6 Å². The summed E-state index contributed by atoms with van der Waals surface area (Å²) in [6, 6.07) is 10.3. The number of carbonyl (C=O) groups is 1. The molecule has 1 amide bonds. The van der Waals surface area contributed by atoms with E-state index in [4.69, 9.17) is 0 Å². The van der Waals surface area contributed by atoms with Crippen LogP contribution in [0.15, 0.2) is 58.4 Å². The monoisotopic (exact) mass is 543 g/mol. The highest BCUT2D eigenvalue weighted by Gasteiger charge is 2.73. The zero-order chi connectivity index (χ0) is 26.6. The average molecular weight is 544 g/mol. The lowest BCUT2D eigenvalue weighted by Crippen LogP contribution is -2.65. The van der Waals surface area contributed by atoms with E-state index in [-0.39, 0.29) is 42.8 Å². The van der Waals surface area contributed by atoms with E-state index in [0.717, 1.165) is 22.6 Å². The molecule has 38 heavy (non-hydrogen) atoms. The van der Waals surface area contributed by atoms with Crippen LogP contribution in [0.1, 0.15) is 52.5 Å². The van der Waals surface area contributed by atoms with Gasteiger partial charge in [-0.25, -0.2) is 17.6 Å². The third-order valence-electron chi connectivity index (χ3n) is 8.37. The maximum atomic E-state index is 15.2. The van der Waals surface area contributed by atoms with E-state index in [1.54, 1.807) is 5.01 Å². The number of amides is 1. The van der Waals surface area contributed by atoms with E-state index in [9.17, 15) is 27.9 Å². The molecule has 3 aromatic rings. The van der Waals surface area contributed by atoms with Gasteiger partial charge in [-0.3, -0.25) is 19.3 Å². The number of pyridine rings is 1. The van der Waals surface area contributed by atoms with Crippen molar-refractivity contribution in [1.82, 2.24) is 9.58 Å². The molecule has 2 fully saturated rings. The molecule has 11 heteroatoms. The van der Waals surface area contributed by atoms with Gasteiger partial charge in [-0.1, -0.05) is 24.3 Å². The molecule has 1 N–H and O–H groups in total. The van der Waals surface area contributed by atoms with Crippen LogP contribution in [0, 0.1) is 17.0 Å². The Morgan fingerprint density at radius 1 is 1.03 bits per heavy atom. The number of hydrogen-bond donors (Lipinski definition) is 1. The Bertz CT molecular complexity index is 1590. The minimum absolute atomic E-state index is 0.158. The SMILES string of the molecule is O=C1c2c(O)c(=O)ccn2N([C@@H]2c3ccccc3SCc3c2ccc(F)c3F)[C@@H]2CCC3(CN12)CC3(F)F. The summed E-state index contributed by atoms with van der Waals surface area (Å²) in [4.78, 5) is 28.2. The van der Waals surface area contributed by atoms with Gasteiger partial charge in [0.1, 0.15) is 6.17 Å². The van der Waals surface area contributed by atoms with Crippen LogP contribution in [0.25, 0.3) is 0 Å². The highest BCUT2D eigenvalue weighted by atomic mass is 32.2. The molecule has 0 radical (unpaired) electrons. The maximum Gasteiger partial charge on any atom is 0.278 e. The fourth-order valence-corrected chi connectivity index (χ4v) is 7.43. The summed E-state index contributed by atoms with van der Waals surface area (Å²) in [6.45, 7) is -0.240. The zero-order valence-corrected chi connectivity index (χ0v) is 20.7. The van der Waals surface area contributed by atoms with Crippen molar-refractivity contribution in [3.8, 4) is 5.75 Å². The summed E-state index contributed by atoms with van der Waals surface area (Å²) in [5.74, 6) is -6.21. The predicted octanol–water partition coefficient (Wildman–Crippen LogP) is 4.77. The standard InChI is InChI=1S/C27H21F4N3O3S/c28-17-6-5-14-16(21(17)29)11-38-19-4-2-1-3-15(19)22(14)34-20-7-9-26(12-27(26,30)31)13-32(20)25(37)23-24(36)18(35)8-10-33(23)34/h1-6,8,10,20,22,36H,7,9,11-13H2/t20-,22+,26?/m1/s1. The minimum Gasteiger partial charge on any atom is -0.502 e. The zero-order valence-electron chi connectivity index (χ0n) is 19.8. The smallest absolute Gasteiger partial charge is 0.278 e. The highest BCUT2D eigenvalue weighted by Crippen LogP contribution is 2.65. The fourth-order valence-electron chi connectivity index (χ4n) is 6.31. The maximum absolute atomic E-state index is 15.2. The van der Waals surface area contributed by atoms with Gasteiger partial charge in [-0.05, 0) is 36.1 Å². The van der Waals surface area contributed by atoms with Crippen molar-refractivity contribution in [2.24, 2.45) is 5.41 Å². The van der Waals surface area contributed by atoms with Gasteiger partial charge in [0.25, 0.3) is 11.8 Å².